The Labute approximate surface area is 220 Å². The van der Waals surface area contributed by atoms with Crippen LogP contribution in [0.3, 0.4) is 0 Å². The molecule has 1 aromatic heterocycles. The molecule has 1 aliphatic carbocycles. The van der Waals surface area contributed by atoms with E-state index in [0.717, 1.165) is 44.7 Å². The van der Waals surface area contributed by atoms with Crippen molar-refractivity contribution in [3.05, 3.63) is 17.5 Å². The van der Waals surface area contributed by atoms with E-state index >= 15 is 0 Å². The zero-order valence-electron chi connectivity index (χ0n) is 24.7. The van der Waals surface area contributed by atoms with Crippen LogP contribution in [0, 0.1) is 29.1 Å². The lowest BCUT2D eigenvalue weighted by Gasteiger charge is -2.48. The zero-order valence-corrected chi connectivity index (χ0v) is 24.7. The molecule has 7 heteroatoms. The van der Waals surface area contributed by atoms with Crippen LogP contribution in [-0.4, -0.2) is 77.5 Å². The van der Waals surface area contributed by atoms with E-state index in [1.807, 2.05) is 30.1 Å². The number of aromatic amines is 1. The summed E-state index contributed by atoms with van der Waals surface area (Å²) in [5, 5.41) is 7.69. The Kier molecular flexibility index (Phi) is 11.0. The zero-order chi connectivity index (χ0) is 27.2. The Morgan fingerprint density at radius 3 is 1.94 bits per heavy atom. The molecule has 36 heavy (non-hydrogen) atoms. The van der Waals surface area contributed by atoms with Gasteiger partial charge in [-0.15, -0.1) is 0 Å². The Morgan fingerprint density at radius 1 is 1.00 bits per heavy atom. The normalized spacial score (nSPS) is 21.9. The Morgan fingerprint density at radius 2 is 1.50 bits per heavy atom. The van der Waals surface area contributed by atoms with Gasteiger partial charge in [0.25, 0.3) is 0 Å². The summed E-state index contributed by atoms with van der Waals surface area (Å²) in [7, 11) is 5.97. The van der Waals surface area contributed by atoms with Crippen molar-refractivity contribution in [3.8, 4) is 0 Å². The predicted octanol–water partition coefficient (Wildman–Crippen LogP) is 5.01. The van der Waals surface area contributed by atoms with Gasteiger partial charge in [-0.05, 0) is 50.1 Å². The highest BCUT2D eigenvalue weighted by atomic mass is 16.2. The molecule has 0 spiro atoms. The summed E-state index contributed by atoms with van der Waals surface area (Å²) < 4.78 is 0. The molecule has 2 amide bonds. The number of H-pyrrole nitrogens is 1. The number of nitrogens with one attached hydrogen (secondary N) is 1. The summed E-state index contributed by atoms with van der Waals surface area (Å²) in [6.45, 7) is 18.3. The van der Waals surface area contributed by atoms with Gasteiger partial charge in [0.1, 0.15) is 0 Å². The van der Waals surface area contributed by atoms with Crippen molar-refractivity contribution in [2.45, 2.75) is 86.6 Å². The third-order valence-corrected chi connectivity index (χ3v) is 7.96. The summed E-state index contributed by atoms with van der Waals surface area (Å²) in [5.41, 5.74) is 1.85. The van der Waals surface area contributed by atoms with E-state index in [0.29, 0.717) is 11.8 Å². The van der Waals surface area contributed by atoms with E-state index < -0.39 is 5.41 Å². The van der Waals surface area contributed by atoms with Crippen LogP contribution >= 0.6 is 0 Å². The van der Waals surface area contributed by atoms with Crippen molar-refractivity contribution in [2.75, 3.05) is 40.8 Å². The first-order valence-corrected chi connectivity index (χ1v) is 14.0. The second-order valence-electron chi connectivity index (χ2n) is 12.7. The van der Waals surface area contributed by atoms with E-state index in [2.05, 4.69) is 70.6 Å². The van der Waals surface area contributed by atoms with E-state index in [1.54, 1.807) is 0 Å². The fourth-order valence-electron chi connectivity index (χ4n) is 6.00. The Bertz CT molecular complexity index is 806. The summed E-state index contributed by atoms with van der Waals surface area (Å²) in [4.78, 5) is 33.8. The van der Waals surface area contributed by atoms with Gasteiger partial charge in [0.05, 0.1) is 6.20 Å². The van der Waals surface area contributed by atoms with E-state index in [1.165, 1.54) is 18.4 Å². The van der Waals surface area contributed by atoms with Gasteiger partial charge in [-0.3, -0.25) is 14.7 Å². The molecule has 0 unspecified atom stereocenters. The van der Waals surface area contributed by atoms with Crippen molar-refractivity contribution < 1.29 is 9.59 Å². The number of amides is 2. The van der Waals surface area contributed by atoms with Gasteiger partial charge in [0, 0.05) is 62.7 Å². The molecular weight excluding hydrogens is 450 g/mol. The van der Waals surface area contributed by atoms with Gasteiger partial charge in [-0.1, -0.05) is 54.9 Å². The van der Waals surface area contributed by atoms with Gasteiger partial charge in [-0.25, -0.2) is 0 Å². The van der Waals surface area contributed by atoms with E-state index in [-0.39, 0.29) is 29.6 Å². The minimum Gasteiger partial charge on any atom is -0.345 e. The maximum Gasteiger partial charge on any atom is 0.226 e. The lowest BCUT2D eigenvalue weighted by Crippen LogP contribution is -2.53. The third kappa shape index (κ3) is 7.56. The molecule has 0 aromatic carbocycles. The van der Waals surface area contributed by atoms with Crippen LogP contribution in [0.15, 0.2) is 6.20 Å². The van der Waals surface area contributed by atoms with Crippen LogP contribution in [0.4, 0.5) is 0 Å². The fraction of sp³-hybridized carbons (Fsp3) is 0.828. The maximum atomic E-state index is 13.8. The molecule has 0 saturated heterocycles. The van der Waals surface area contributed by atoms with Gasteiger partial charge in [-0.2, -0.15) is 5.10 Å². The number of nitrogens with zero attached hydrogens (tertiary/aromatic N) is 4. The molecule has 0 bridgehead atoms. The molecule has 1 N–H and O–H groups in total. The van der Waals surface area contributed by atoms with Crippen molar-refractivity contribution in [3.63, 3.8) is 0 Å². The average molecular weight is 504 g/mol. The molecule has 2 atom stereocenters. The number of unbranched alkanes of at least 4 members (excludes halogenated alkanes) is 1. The molecule has 0 radical (unpaired) electrons. The van der Waals surface area contributed by atoms with Gasteiger partial charge in [0.15, 0.2) is 0 Å². The third-order valence-electron chi connectivity index (χ3n) is 7.96. The molecule has 1 heterocycles. The average Bonchev–Trinajstić information content (AvgIpc) is 3.23. The minimum absolute atomic E-state index is 0.0953. The van der Waals surface area contributed by atoms with Crippen LogP contribution in [0.25, 0.3) is 0 Å². The van der Waals surface area contributed by atoms with Crippen molar-refractivity contribution in [2.24, 2.45) is 29.1 Å². The topological polar surface area (TPSA) is 72.5 Å². The van der Waals surface area contributed by atoms with Gasteiger partial charge >= 0.3 is 0 Å². The molecule has 1 aliphatic rings. The number of carbonyl (C=O) groups excluding carboxylic acids is 2. The smallest absolute Gasteiger partial charge is 0.226 e. The molecule has 2 rings (SSSR count). The van der Waals surface area contributed by atoms with Crippen LogP contribution in [-0.2, 0) is 16.1 Å². The maximum absolute atomic E-state index is 13.8. The predicted molar refractivity (Wildman–Crippen MR) is 148 cm³/mol. The standard InChI is InChI=1S/C29H53N5O2/c1-11-12-13-32(8)19-23-16-30-31-26(23)22-14-24(27(35)33(9)17-20(2)3)29(6,7)25(15-22)28(36)34(10)18-21(4)5/h16,20-22,24-25H,11-15,17-19H2,1-10H3,(H,30,31)/t24-,25-/m0/s1. The van der Waals surface area contributed by atoms with Crippen LogP contribution in [0.2, 0.25) is 0 Å². The van der Waals surface area contributed by atoms with Crippen LogP contribution in [0.1, 0.15) is 91.3 Å². The number of aromatic nitrogens is 2. The first kappa shape index (κ1) is 30.3. The summed E-state index contributed by atoms with van der Waals surface area (Å²) in [6.07, 6.45) is 5.74. The molecule has 1 saturated carbocycles. The van der Waals surface area contributed by atoms with Crippen LogP contribution < -0.4 is 0 Å². The monoisotopic (exact) mass is 503 g/mol. The summed E-state index contributed by atoms with van der Waals surface area (Å²) in [5.74, 6) is 0.749. The number of carbonyl (C=O) groups is 2. The number of rotatable bonds is 12. The number of hydrogen-bond donors (Lipinski definition) is 1. The van der Waals surface area contributed by atoms with E-state index in [9.17, 15) is 9.59 Å². The molecule has 1 aromatic rings. The highest BCUT2D eigenvalue weighted by Crippen LogP contribution is 2.51. The molecule has 206 valence electrons. The quantitative estimate of drug-likeness (QED) is 0.435. The van der Waals surface area contributed by atoms with Gasteiger partial charge < -0.3 is 14.7 Å². The van der Waals surface area contributed by atoms with Gasteiger partial charge in [0.2, 0.25) is 11.8 Å². The van der Waals surface area contributed by atoms with E-state index in [4.69, 9.17) is 0 Å². The fourth-order valence-corrected chi connectivity index (χ4v) is 6.00. The second kappa shape index (κ2) is 13.1. The highest BCUT2D eigenvalue weighted by Gasteiger charge is 2.51. The molecule has 1 fully saturated rings. The first-order valence-electron chi connectivity index (χ1n) is 14.0. The number of hydrogen-bond acceptors (Lipinski definition) is 4. The van der Waals surface area contributed by atoms with Crippen molar-refractivity contribution in [1.82, 2.24) is 24.9 Å². The summed E-state index contributed by atoms with van der Waals surface area (Å²) in [6, 6.07) is 0. The lowest BCUT2D eigenvalue weighted by atomic mass is 9.57. The molecule has 0 aliphatic heterocycles. The minimum atomic E-state index is -0.431. The molecular formula is C29H53N5O2. The lowest BCUT2D eigenvalue weighted by molar-refractivity contribution is -0.151. The second-order valence-corrected chi connectivity index (χ2v) is 12.7. The first-order chi connectivity index (χ1) is 16.8. The van der Waals surface area contributed by atoms with Crippen molar-refractivity contribution >= 4 is 11.8 Å². The largest absolute Gasteiger partial charge is 0.345 e. The highest BCUT2D eigenvalue weighted by molar-refractivity contribution is 5.84. The SMILES string of the molecule is CCCCN(C)Cc1cn[nH]c1C1C[C@@H](C(=O)N(C)CC(C)C)C(C)(C)[C@H](C(=O)N(C)CC(C)C)C1. The molecule has 7 nitrogen and oxygen atoms in total. The van der Waals surface area contributed by atoms with Crippen LogP contribution in [0.5, 0.6) is 0 Å². The Hall–Kier alpha value is -1.89. The Balaban J connectivity index is 2.41. The van der Waals surface area contributed by atoms with Crippen molar-refractivity contribution in [1.29, 1.82) is 0 Å². The summed E-state index contributed by atoms with van der Waals surface area (Å²) >= 11 is 0.